The summed E-state index contributed by atoms with van der Waals surface area (Å²) in [5, 5.41) is 3.19. The van der Waals surface area contributed by atoms with Gasteiger partial charge in [0.15, 0.2) is 0 Å². The Morgan fingerprint density at radius 2 is 2.25 bits per heavy atom. The molecule has 0 amide bonds. The monoisotopic (exact) mass is 277 g/mol. The molecule has 0 aliphatic carbocycles. The summed E-state index contributed by atoms with van der Waals surface area (Å²) in [6.07, 6.45) is 2.41. The first-order valence-electron chi connectivity index (χ1n) is 6.30. The number of ether oxygens (including phenoxy) is 1. The quantitative estimate of drug-likeness (QED) is 0.651. The molecule has 2 rings (SSSR count). The first-order chi connectivity index (χ1) is 9.70. The first kappa shape index (κ1) is 14.3. The Balaban J connectivity index is 1.84. The average Bonchev–Trinajstić information content (AvgIpc) is 2.96. The summed E-state index contributed by atoms with van der Waals surface area (Å²) < 4.78 is 23.4. The molecule has 2 aromatic rings. The lowest BCUT2D eigenvalue weighted by molar-refractivity contribution is 0.0595. The Morgan fingerprint density at radius 3 is 2.90 bits per heavy atom. The smallest absolute Gasteiger partial charge is 0.340 e. The van der Waals surface area contributed by atoms with E-state index in [1.54, 1.807) is 12.3 Å². The normalized spacial score (nSPS) is 10.5. The molecule has 5 heteroatoms. The zero-order valence-corrected chi connectivity index (χ0v) is 11.2. The molecule has 0 fully saturated rings. The fraction of sp³-hybridized carbons (Fsp3) is 0.267. The van der Waals surface area contributed by atoms with Gasteiger partial charge in [0.05, 0.1) is 18.9 Å². The van der Waals surface area contributed by atoms with E-state index in [4.69, 9.17) is 4.42 Å². The second-order valence-electron chi connectivity index (χ2n) is 4.31. The van der Waals surface area contributed by atoms with Crippen LogP contribution in [-0.4, -0.2) is 19.6 Å². The topological polar surface area (TPSA) is 51.5 Å². The summed E-state index contributed by atoms with van der Waals surface area (Å²) >= 11 is 0. The van der Waals surface area contributed by atoms with Crippen LogP contribution in [0.5, 0.6) is 0 Å². The molecule has 1 N–H and O–H groups in total. The maximum atomic E-state index is 13.7. The molecule has 106 valence electrons. The second kappa shape index (κ2) is 6.86. The van der Waals surface area contributed by atoms with E-state index in [0.717, 1.165) is 24.3 Å². The molecule has 0 radical (unpaired) electrons. The summed E-state index contributed by atoms with van der Waals surface area (Å²) in [6.45, 7) is 1.26. The van der Waals surface area contributed by atoms with Crippen molar-refractivity contribution in [2.24, 2.45) is 0 Å². The molecule has 0 aliphatic rings. The largest absolute Gasteiger partial charge is 0.469 e. The van der Waals surface area contributed by atoms with Crippen LogP contribution in [0.2, 0.25) is 0 Å². The molecule has 0 atom stereocenters. The van der Waals surface area contributed by atoms with Crippen molar-refractivity contribution in [2.75, 3.05) is 13.7 Å². The van der Waals surface area contributed by atoms with Gasteiger partial charge in [-0.3, -0.25) is 0 Å². The van der Waals surface area contributed by atoms with Gasteiger partial charge in [-0.2, -0.15) is 0 Å². The van der Waals surface area contributed by atoms with Gasteiger partial charge in [0.2, 0.25) is 0 Å². The molecule has 0 saturated heterocycles. The van der Waals surface area contributed by atoms with Gasteiger partial charge >= 0.3 is 5.97 Å². The SMILES string of the molecule is COC(=O)c1ccc(CNCCc2ccco2)cc1F. The molecule has 0 aliphatic heterocycles. The van der Waals surface area contributed by atoms with E-state index in [1.807, 2.05) is 12.1 Å². The summed E-state index contributed by atoms with van der Waals surface area (Å²) in [4.78, 5) is 11.2. The van der Waals surface area contributed by atoms with E-state index in [0.29, 0.717) is 6.54 Å². The number of nitrogens with one attached hydrogen (secondary N) is 1. The maximum Gasteiger partial charge on any atom is 0.340 e. The third-order valence-corrected chi connectivity index (χ3v) is 2.90. The van der Waals surface area contributed by atoms with Crippen molar-refractivity contribution in [3.05, 3.63) is 59.3 Å². The van der Waals surface area contributed by atoms with Gasteiger partial charge in [-0.15, -0.1) is 0 Å². The average molecular weight is 277 g/mol. The summed E-state index contributed by atoms with van der Waals surface area (Å²) in [5.41, 5.74) is 0.724. The number of carbonyl (C=O) groups is 1. The molecular weight excluding hydrogens is 261 g/mol. The van der Waals surface area contributed by atoms with Gasteiger partial charge in [0.1, 0.15) is 11.6 Å². The van der Waals surface area contributed by atoms with Crippen molar-refractivity contribution < 1.29 is 18.3 Å². The van der Waals surface area contributed by atoms with E-state index in [-0.39, 0.29) is 5.56 Å². The van der Waals surface area contributed by atoms with Gasteiger partial charge < -0.3 is 14.5 Å². The van der Waals surface area contributed by atoms with Crippen molar-refractivity contribution in [2.45, 2.75) is 13.0 Å². The predicted octanol–water partition coefficient (Wildman–Crippen LogP) is 2.54. The molecule has 0 bridgehead atoms. The minimum Gasteiger partial charge on any atom is -0.469 e. The van der Waals surface area contributed by atoms with E-state index < -0.39 is 11.8 Å². The van der Waals surface area contributed by atoms with Gasteiger partial charge in [0.25, 0.3) is 0 Å². The fourth-order valence-electron chi connectivity index (χ4n) is 1.84. The molecule has 4 nitrogen and oxygen atoms in total. The lowest BCUT2D eigenvalue weighted by Crippen LogP contribution is -2.17. The lowest BCUT2D eigenvalue weighted by atomic mass is 10.1. The van der Waals surface area contributed by atoms with Crippen molar-refractivity contribution in [1.82, 2.24) is 5.32 Å². The van der Waals surface area contributed by atoms with E-state index in [1.165, 1.54) is 19.2 Å². The number of hydrogen-bond donors (Lipinski definition) is 1. The van der Waals surface area contributed by atoms with Crippen LogP contribution in [0.15, 0.2) is 41.0 Å². The highest BCUT2D eigenvalue weighted by molar-refractivity contribution is 5.89. The summed E-state index contributed by atoms with van der Waals surface area (Å²) in [5.74, 6) is -0.327. The van der Waals surface area contributed by atoms with Crippen molar-refractivity contribution in [3.8, 4) is 0 Å². The number of carbonyl (C=O) groups excluding carboxylic acids is 1. The van der Waals surface area contributed by atoms with Crippen LogP contribution in [0.4, 0.5) is 4.39 Å². The van der Waals surface area contributed by atoms with Crippen molar-refractivity contribution >= 4 is 5.97 Å². The highest BCUT2D eigenvalue weighted by Gasteiger charge is 2.11. The Bertz CT molecular complexity index is 567. The Hall–Kier alpha value is -2.14. The minimum atomic E-state index is -0.667. The number of methoxy groups -OCH3 is 1. The van der Waals surface area contributed by atoms with Crippen LogP contribution in [0.1, 0.15) is 21.7 Å². The summed E-state index contributed by atoms with van der Waals surface area (Å²) in [6, 6.07) is 8.23. The number of rotatable bonds is 6. The molecule has 0 saturated carbocycles. The van der Waals surface area contributed by atoms with Crippen molar-refractivity contribution in [3.63, 3.8) is 0 Å². The zero-order chi connectivity index (χ0) is 14.4. The standard InChI is InChI=1S/C15H16FNO3/c1-19-15(18)13-5-4-11(9-14(13)16)10-17-7-6-12-3-2-8-20-12/h2-5,8-9,17H,6-7,10H2,1H3. The van der Waals surface area contributed by atoms with E-state index in [9.17, 15) is 9.18 Å². The lowest BCUT2D eigenvalue weighted by Gasteiger charge is -2.06. The Morgan fingerprint density at radius 1 is 1.40 bits per heavy atom. The molecule has 0 spiro atoms. The van der Waals surface area contributed by atoms with Gasteiger partial charge in [-0.05, 0) is 29.8 Å². The number of benzene rings is 1. The van der Waals surface area contributed by atoms with Crippen LogP contribution < -0.4 is 5.32 Å². The zero-order valence-electron chi connectivity index (χ0n) is 11.2. The molecule has 0 unspecified atom stereocenters. The Labute approximate surface area is 116 Å². The number of furan rings is 1. The second-order valence-corrected chi connectivity index (χ2v) is 4.31. The number of halogens is 1. The third-order valence-electron chi connectivity index (χ3n) is 2.90. The van der Waals surface area contributed by atoms with E-state index in [2.05, 4.69) is 10.1 Å². The van der Waals surface area contributed by atoms with Crippen LogP contribution >= 0.6 is 0 Å². The first-order valence-corrected chi connectivity index (χ1v) is 6.30. The molecule has 1 heterocycles. The molecule has 20 heavy (non-hydrogen) atoms. The van der Waals surface area contributed by atoms with Crippen LogP contribution in [-0.2, 0) is 17.7 Å². The Kier molecular flexibility index (Phi) is 4.90. The fourth-order valence-corrected chi connectivity index (χ4v) is 1.84. The third kappa shape index (κ3) is 3.68. The highest BCUT2D eigenvalue weighted by atomic mass is 19.1. The van der Waals surface area contributed by atoms with Crippen LogP contribution in [0.25, 0.3) is 0 Å². The maximum absolute atomic E-state index is 13.7. The van der Waals surface area contributed by atoms with Crippen molar-refractivity contribution in [1.29, 1.82) is 0 Å². The van der Waals surface area contributed by atoms with Gasteiger partial charge in [-0.1, -0.05) is 6.07 Å². The predicted molar refractivity (Wildman–Crippen MR) is 71.9 cm³/mol. The molecular formula is C15H16FNO3. The molecule has 1 aromatic heterocycles. The minimum absolute atomic E-state index is 0.0492. The number of esters is 1. The molecule has 1 aromatic carbocycles. The van der Waals surface area contributed by atoms with Crippen LogP contribution in [0.3, 0.4) is 0 Å². The van der Waals surface area contributed by atoms with Gasteiger partial charge in [-0.25, -0.2) is 9.18 Å². The van der Waals surface area contributed by atoms with Crippen LogP contribution in [0, 0.1) is 5.82 Å². The highest BCUT2D eigenvalue weighted by Crippen LogP contribution is 2.11. The number of hydrogen-bond acceptors (Lipinski definition) is 4. The summed E-state index contributed by atoms with van der Waals surface area (Å²) in [7, 11) is 1.23. The van der Waals surface area contributed by atoms with Gasteiger partial charge in [0, 0.05) is 19.5 Å². The van der Waals surface area contributed by atoms with E-state index >= 15 is 0 Å².